The van der Waals surface area contributed by atoms with E-state index in [1.807, 2.05) is 29.2 Å². The van der Waals surface area contributed by atoms with Crippen molar-refractivity contribution < 1.29 is 4.79 Å². The number of halogens is 1. The summed E-state index contributed by atoms with van der Waals surface area (Å²) < 4.78 is 0. The molecule has 0 spiro atoms. The molecule has 0 atom stereocenters. The summed E-state index contributed by atoms with van der Waals surface area (Å²) in [5, 5.41) is 12.4. The largest absolute Gasteiger partial charge is 0.353 e. The molecule has 4 rings (SSSR count). The van der Waals surface area contributed by atoms with Crippen LogP contribution in [-0.4, -0.2) is 85.4 Å². The van der Waals surface area contributed by atoms with Gasteiger partial charge in [-0.05, 0) is 37.4 Å². The highest BCUT2D eigenvalue weighted by Crippen LogP contribution is 2.19. The number of anilines is 3. The number of amides is 2. The predicted molar refractivity (Wildman–Crippen MR) is 116 cm³/mol. The van der Waals surface area contributed by atoms with Gasteiger partial charge >= 0.3 is 6.03 Å². The zero-order valence-electron chi connectivity index (χ0n) is 16.6. The number of hydrogen-bond acceptors (Lipinski definition) is 6. The number of urea groups is 1. The highest BCUT2D eigenvalue weighted by Gasteiger charge is 2.23. The Labute approximate surface area is 176 Å². The standard InChI is InChI=1S/C20H26ClN7O/c1-25-7-9-26(10-8-25)18-5-6-19(24-23-18)27-11-13-28(14-12-27)20(29)22-17-4-2-3-16(21)15-17/h2-6,15H,7-14H2,1H3,(H,22,29). The molecule has 2 aromatic rings. The summed E-state index contributed by atoms with van der Waals surface area (Å²) in [5.41, 5.74) is 0.704. The van der Waals surface area contributed by atoms with E-state index in [0.29, 0.717) is 23.8 Å². The monoisotopic (exact) mass is 415 g/mol. The quantitative estimate of drug-likeness (QED) is 0.829. The molecule has 0 radical (unpaired) electrons. The minimum atomic E-state index is -0.108. The van der Waals surface area contributed by atoms with Gasteiger partial charge in [0.1, 0.15) is 0 Å². The molecule has 154 valence electrons. The van der Waals surface area contributed by atoms with E-state index in [4.69, 9.17) is 11.6 Å². The van der Waals surface area contributed by atoms with Crippen LogP contribution < -0.4 is 15.1 Å². The second kappa shape index (κ2) is 8.84. The van der Waals surface area contributed by atoms with Crippen molar-refractivity contribution in [1.29, 1.82) is 0 Å². The molecule has 0 bridgehead atoms. The van der Waals surface area contributed by atoms with Gasteiger partial charge in [0.2, 0.25) is 0 Å². The molecule has 9 heteroatoms. The number of piperazine rings is 2. The zero-order valence-corrected chi connectivity index (χ0v) is 17.3. The highest BCUT2D eigenvalue weighted by atomic mass is 35.5. The van der Waals surface area contributed by atoms with Crippen molar-refractivity contribution in [2.75, 3.05) is 74.5 Å². The summed E-state index contributed by atoms with van der Waals surface area (Å²) in [6, 6.07) is 11.1. The predicted octanol–water partition coefficient (Wildman–Crippen LogP) is 2.24. The van der Waals surface area contributed by atoms with E-state index in [-0.39, 0.29) is 6.03 Å². The molecule has 2 aliphatic rings. The summed E-state index contributed by atoms with van der Waals surface area (Å²) in [6.07, 6.45) is 0. The second-order valence-electron chi connectivity index (χ2n) is 7.45. The van der Waals surface area contributed by atoms with Crippen molar-refractivity contribution in [3.63, 3.8) is 0 Å². The number of carbonyl (C=O) groups is 1. The van der Waals surface area contributed by atoms with E-state index in [1.165, 1.54) is 0 Å². The molecule has 3 heterocycles. The fraction of sp³-hybridized carbons (Fsp3) is 0.450. The summed E-state index contributed by atoms with van der Waals surface area (Å²) in [4.78, 5) is 21.1. The summed E-state index contributed by atoms with van der Waals surface area (Å²) in [7, 11) is 2.14. The zero-order chi connectivity index (χ0) is 20.2. The van der Waals surface area contributed by atoms with Crippen LogP contribution in [0.3, 0.4) is 0 Å². The molecule has 0 unspecified atom stereocenters. The number of nitrogens with zero attached hydrogens (tertiary/aromatic N) is 6. The fourth-order valence-electron chi connectivity index (χ4n) is 3.60. The van der Waals surface area contributed by atoms with Crippen LogP contribution in [-0.2, 0) is 0 Å². The smallest absolute Gasteiger partial charge is 0.321 e. The Balaban J connectivity index is 1.29. The van der Waals surface area contributed by atoms with Gasteiger partial charge in [0.25, 0.3) is 0 Å². The van der Waals surface area contributed by atoms with Crippen molar-refractivity contribution in [2.24, 2.45) is 0 Å². The minimum Gasteiger partial charge on any atom is -0.353 e. The van der Waals surface area contributed by atoms with Crippen LogP contribution in [0.5, 0.6) is 0 Å². The topological polar surface area (TPSA) is 67.8 Å². The molecule has 2 amide bonds. The number of carbonyl (C=O) groups excluding carboxylic acids is 1. The van der Waals surface area contributed by atoms with Gasteiger partial charge in [-0.15, -0.1) is 10.2 Å². The lowest BCUT2D eigenvalue weighted by atomic mass is 10.3. The Kier molecular flexibility index (Phi) is 6.01. The Hall–Kier alpha value is -2.58. The normalized spacial score (nSPS) is 18.1. The molecule has 1 aromatic heterocycles. The number of nitrogens with one attached hydrogen (secondary N) is 1. The number of hydrogen-bond donors (Lipinski definition) is 1. The average Bonchev–Trinajstić information content (AvgIpc) is 2.75. The van der Waals surface area contributed by atoms with Crippen molar-refractivity contribution in [3.8, 4) is 0 Å². The van der Waals surface area contributed by atoms with Gasteiger partial charge in [-0.25, -0.2) is 4.79 Å². The van der Waals surface area contributed by atoms with Gasteiger partial charge in [0.15, 0.2) is 11.6 Å². The van der Waals surface area contributed by atoms with Crippen molar-refractivity contribution in [3.05, 3.63) is 41.4 Å². The van der Waals surface area contributed by atoms with Gasteiger partial charge in [-0.1, -0.05) is 17.7 Å². The van der Waals surface area contributed by atoms with Gasteiger partial charge < -0.3 is 24.9 Å². The van der Waals surface area contributed by atoms with Crippen molar-refractivity contribution in [2.45, 2.75) is 0 Å². The average molecular weight is 416 g/mol. The molecule has 1 aromatic carbocycles. The van der Waals surface area contributed by atoms with Crippen LogP contribution in [0, 0.1) is 0 Å². The third-order valence-corrected chi connectivity index (χ3v) is 5.67. The number of likely N-dealkylation sites (N-methyl/N-ethyl adjacent to an activating group) is 1. The molecular formula is C20H26ClN7O. The van der Waals surface area contributed by atoms with Crippen LogP contribution >= 0.6 is 11.6 Å². The van der Waals surface area contributed by atoms with E-state index in [9.17, 15) is 4.79 Å². The van der Waals surface area contributed by atoms with Crippen LogP contribution in [0.25, 0.3) is 0 Å². The van der Waals surface area contributed by atoms with Crippen LogP contribution in [0.15, 0.2) is 36.4 Å². The van der Waals surface area contributed by atoms with E-state index in [0.717, 1.165) is 50.9 Å². The first kappa shape index (κ1) is 19.7. The van der Waals surface area contributed by atoms with Crippen LogP contribution in [0.2, 0.25) is 5.02 Å². The Morgan fingerprint density at radius 3 is 2.03 bits per heavy atom. The first-order chi connectivity index (χ1) is 14.1. The first-order valence-electron chi connectivity index (χ1n) is 9.92. The van der Waals surface area contributed by atoms with Crippen molar-refractivity contribution in [1.82, 2.24) is 20.0 Å². The lowest BCUT2D eigenvalue weighted by Crippen LogP contribution is -2.50. The van der Waals surface area contributed by atoms with Crippen LogP contribution in [0.4, 0.5) is 22.1 Å². The van der Waals surface area contributed by atoms with E-state index in [1.54, 1.807) is 12.1 Å². The van der Waals surface area contributed by atoms with E-state index >= 15 is 0 Å². The molecule has 2 saturated heterocycles. The molecule has 8 nitrogen and oxygen atoms in total. The molecule has 0 aliphatic carbocycles. The van der Waals surface area contributed by atoms with Gasteiger partial charge in [-0.2, -0.15) is 0 Å². The van der Waals surface area contributed by atoms with Crippen LogP contribution in [0.1, 0.15) is 0 Å². The maximum Gasteiger partial charge on any atom is 0.321 e. The third kappa shape index (κ3) is 4.89. The molecule has 29 heavy (non-hydrogen) atoms. The maximum absolute atomic E-state index is 12.5. The molecule has 2 fully saturated rings. The highest BCUT2D eigenvalue weighted by molar-refractivity contribution is 6.30. The summed E-state index contributed by atoms with van der Waals surface area (Å²) in [5.74, 6) is 1.79. The molecule has 2 aliphatic heterocycles. The number of benzene rings is 1. The van der Waals surface area contributed by atoms with Gasteiger partial charge in [-0.3, -0.25) is 0 Å². The molecular weight excluding hydrogens is 390 g/mol. The lowest BCUT2D eigenvalue weighted by Gasteiger charge is -2.35. The Bertz CT molecular complexity index is 831. The maximum atomic E-state index is 12.5. The Morgan fingerprint density at radius 2 is 1.48 bits per heavy atom. The number of aromatic nitrogens is 2. The molecule has 1 N–H and O–H groups in total. The number of rotatable bonds is 3. The SMILES string of the molecule is CN1CCN(c2ccc(N3CCN(C(=O)Nc4cccc(Cl)c4)CC3)nn2)CC1. The van der Waals surface area contributed by atoms with E-state index in [2.05, 4.69) is 37.3 Å². The second-order valence-corrected chi connectivity index (χ2v) is 7.89. The molecule has 0 saturated carbocycles. The summed E-state index contributed by atoms with van der Waals surface area (Å²) in [6.45, 7) is 6.76. The van der Waals surface area contributed by atoms with Gasteiger partial charge in [0, 0.05) is 63.1 Å². The summed E-state index contributed by atoms with van der Waals surface area (Å²) >= 11 is 5.98. The Morgan fingerprint density at radius 1 is 0.897 bits per heavy atom. The fourth-order valence-corrected chi connectivity index (χ4v) is 3.79. The van der Waals surface area contributed by atoms with Gasteiger partial charge in [0.05, 0.1) is 0 Å². The minimum absolute atomic E-state index is 0.108. The van der Waals surface area contributed by atoms with Crippen molar-refractivity contribution >= 4 is 35.0 Å². The first-order valence-corrected chi connectivity index (χ1v) is 10.3. The third-order valence-electron chi connectivity index (χ3n) is 5.43. The van der Waals surface area contributed by atoms with E-state index < -0.39 is 0 Å². The lowest BCUT2D eigenvalue weighted by molar-refractivity contribution is 0.208.